The Balaban J connectivity index is 1.84. The molecule has 104 valence electrons. The fraction of sp³-hybridized carbons (Fsp3) is 0.533. The van der Waals surface area contributed by atoms with E-state index in [1.54, 1.807) is 4.90 Å². The first-order valence-corrected chi connectivity index (χ1v) is 7.00. The highest BCUT2D eigenvalue weighted by Gasteiger charge is 2.19. The van der Waals surface area contributed by atoms with Crippen LogP contribution in [0.3, 0.4) is 0 Å². The van der Waals surface area contributed by atoms with Crippen molar-refractivity contribution in [2.75, 3.05) is 18.9 Å². The molecule has 3 N–H and O–H groups in total. The number of nitrogens with zero attached hydrogens (tertiary/aromatic N) is 1. The van der Waals surface area contributed by atoms with E-state index < -0.39 is 0 Å². The summed E-state index contributed by atoms with van der Waals surface area (Å²) in [6, 6.07) is 7.62. The summed E-state index contributed by atoms with van der Waals surface area (Å²) in [7, 11) is 1.86. The molecule has 0 saturated heterocycles. The molecule has 0 unspecified atom stereocenters. The Morgan fingerprint density at radius 1 is 1.32 bits per heavy atom. The van der Waals surface area contributed by atoms with Crippen LogP contribution in [0.5, 0.6) is 0 Å². The van der Waals surface area contributed by atoms with Crippen LogP contribution in [0.2, 0.25) is 0 Å². The molecule has 1 saturated carbocycles. The molecule has 0 heterocycles. The minimum absolute atomic E-state index is 0.0348. The summed E-state index contributed by atoms with van der Waals surface area (Å²) in [6.07, 6.45) is 5.12. The molecule has 19 heavy (non-hydrogen) atoms. The van der Waals surface area contributed by atoms with E-state index in [-0.39, 0.29) is 6.03 Å². The topological polar surface area (TPSA) is 58.4 Å². The molecule has 0 atom stereocenters. The van der Waals surface area contributed by atoms with Gasteiger partial charge in [0.1, 0.15) is 0 Å². The number of benzene rings is 1. The maximum Gasteiger partial charge on any atom is 0.321 e. The summed E-state index contributed by atoms with van der Waals surface area (Å²) in [5.41, 5.74) is 7.43. The number of nitrogens with two attached hydrogens (primary N) is 1. The van der Waals surface area contributed by atoms with Crippen molar-refractivity contribution < 1.29 is 4.79 Å². The molecule has 4 nitrogen and oxygen atoms in total. The molecule has 2 rings (SSSR count). The summed E-state index contributed by atoms with van der Waals surface area (Å²) >= 11 is 0. The van der Waals surface area contributed by atoms with Crippen molar-refractivity contribution in [1.29, 1.82) is 0 Å². The van der Waals surface area contributed by atoms with Gasteiger partial charge in [-0.25, -0.2) is 4.79 Å². The second-order valence-electron chi connectivity index (χ2n) is 5.36. The van der Waals surface area contributed by atoms with Crippen LogP contribution in [0, 0.1) is 5.92 Å². The Bertz CT molecular complexity index is 410. The fourth-order valence-electron chi connectivity index (χ4n) is 2.61. The molecule has 2 amide bonds. The Morgan fingerprint density at radius 3 is 2.53 bits per heavy atom. The minimum Gasteiger partial charge on any atom is -0.327 e. The van der Waals surface area contributed by atoms with Crippen molar-refractivity contribution in [3.8, 4) is 0 Å². The van der Waals surface area contributed by atoms with E-state index >= 15 is 0 Å². The molecule has 1 aromatic rings. The molecule has 1 fully saturated rings. The Hall–Kier alpha value is -1.55. The molecule has 1 aromatic carbocycles. The number of hydrogen-bond acceptors (Lipinski definition) is 2. The highest BCUT2D eigenvalue weighted by molar-refractivity contribution is 5.89. The summed E-state index contributed by atoms with van der Waals surface area (Å²) in [6.45, 7) is 1.38. The van der Waals surface area contributed by atoms with E-state index in [4.69, 9.17) is 5.73 Å². The van der Waals surface area contributed by atoms with Gasteiger partial charge in [-0.15, -0.1) is 0 Å². The summed E-state index contributed by atoms with van der Waals surface area (Å²) < 4.78 is 0. The van der Waals surface area contributed by atoms with E-state index in [0.717, 1.165) is 17.8 Å². The standard InChI is InChI=1S/C15H23N3O/c1-18(11-13-4-2-3-5-13)15(19)17-14-8-6-12(10-16)7-9-14/h6-9,13H,2-5,10-11,16H2,1H3,(H,17,19). The second-order valence-corrected chi connectivity index (χ2v) is 5.36. The number of anilines is 1. The quantitative estimate of drug-likeness (QED) is 0.875. The van der Waals surface area contributed by atoms with Crippen LogP contribution in [0.15, 0.2) is 24.3 Å². The second kappa shape index (κ2) is 6.57. The number of rotatable bonds is 4. The molecular weight excluding hydrogens is 238 g/mol. The summed E-state index contributed by atoms with van der Waals surface area (Å²) in [4.78, 5) is 13.8. The predicted octanol–water partition coefficient (Wildman–Crippen LogP) is 2.80. The number of hydrogen-bond donors (Lipinski definition) is 2. The maximum absolute atomic E-state index is 12.0. The first-order valence-electron chi connectivity index (χ1n) is 7.00. The van der Waals surface area contributed by atoms with Gasteiger partial charge >= 0.3 is 6.03 Å². The lowest BCUT2D eigenvalue weighted by atomic mass is 10.1. The Labute approximate surface area is 115 Å². The Kier molecular flexibility index (Phi) is 4.80. The fourth-order valence-corrected chi connectivity index (χ4v) is 2.61. The van der Waals surface area contributed by atoms with Gasteiger partial charge in [-0.2, -0.15) is 0 Å². The van der Waals surface area contributed by atoms with Gasteiger partial charge < -0.3 is 16.0 Å². The van der Waals surface area contributed by atoms with Crippen LogP contribution >= 0.6 is 0 Å². The predicted molar refractivity (Wildman–Crippen MR) is 77.9 cm³/mol. The van der Waals surface area contributed by atoms with Gasteiger partial charge in [0.05, 0.1) is 0 Å². The SMILES string of the molecule is CN(CC1CCCC1)C(=O)Nc1ccc(CN)cc1. The highest BCUT2D eigenvalue weighted by Crippen LogP contribution is 2.25. The normalized spacial score (nSPS) is 15.5. The smallest absolute Gasteiger partial charge is 0.321 e. The van der Waals surface area contributed by atoms with Crippen LogP contribution in [0.1, 0.15) is 31.2 Å². The minimum atomic E-state index is -0.0348. The van der Waals surface area contributed by atoms with E-state index in [0.29, 0.717) is 12.5 Å². The summed E-state index contributed by atoms with van der Waals surface area (Å²) in [5, 5.41) is 2.91. The number of urea groups is 1. The average molecular weight is 261 g/mol. The third-order valence-corrected chi connectivity index (χ3v) is 3.79. The lowest BCUT2D eigenvalue weighted by molar-refractivity contribution is 0.214. The van der Waals surface area contributed by atoms with Crippen molar-refractivity contribution in [1.82, 2.24) is 4.90 Å². The zero-order valence-corrected chi connectivity index (χ0v) is 11.6. The third-order valence-electron chi connectivity index (χ3n) is 3.79. The van der Waals surface area contributed by atoms with E-state index in [1.165, 1.54) is 25.7 Å². The van der Waals surface area contributed by atoms with Gasteiger partial charge in [0.15, 0.2) is 0 Å². The van der Waals surface area contributed by atoms with Gasteiger partial charge in [-0.05, 0) is 36.5 Å². The van der Waals surface area contributed by atoms with Crippen molar-refractivity contribution in [2.24, 2.45) is 11.7 Å². The van der Waals surface area contributed by atoms with Gasteiger partial charge in [0.25, 0.3) is 0 Å². The van der Waals surface area contributed by atoms with Gasteiger partial charge in [0.2, 0.25) is 0 Å². The van der Waals surface area contributed by atoms with Crippen LogP contribution in [0.4, 0.5) is 10.5 Å². The molecular formula is C15H23N3O. The molecule has 1 aliphatic carbocycles. The molecule has 4 heteroatoms. The van der Waals surface area contributed by atoms with E-state index in [9.17, 15) is 4.79 Å². The Morgan fingerprint density at radius 2 is 1.95 bits per heavy atom. The van der Waals surface area contributed by atoms with Crippen LogP contribution in [0.25, 0.3) is 0 Å². The zero-order chi connectivity index (χ0) is 13.7. The first-order chi connectivity index (χ1) is 9.19. The van der Waals surface area contributed by atoms with Crippen LogP contribution in [-0.4, -0.2) is 24.5 Å². The number of amides is 2. The molecule has 1 aliphatic rings. The van der Waals surface area contributed by atoms with Gasteiger partial charge in [0, 0.05) is 25.8 Å². The largest absolute Gasteiger partial charge is 0.327 e. The molecule has 0 aromatic heterocycles. The maximum atomic E-state index is 12.0. The van der Waals surface area contributed by atoms with Crippen molar-refractivity contribution in [3.63, 3.8) is 0 Å². The van der Waals surface area contributed by atoms with Crippen molar-refractivity contribution in [2.45, 2.75) is 32.2 Å². The van der Waals surface area contributed by atoms with Gasteiger partial charge in [-0.3, -0.25) is 0 Å². The lowest BCUT2D eigenvalue weighted by Gasteiger charge is -2.21. The highest BCUT2D eigenvalue weighted by atomic mass is 16.2. The average Bonchev–Trinajstić information content (AvgIpc) is 2.92. The van der Waals surface area contributed by atoms with Crippen LogP contribution in [-0.2, 0) is 6.54 Å². The molecule has 0 aliphatic heterocycles. The van der Waals surface area contributed by atoms with E-state index in [2.05, 4.69) is 5.32 Å². The monoisotopic (exact) mass is 261 g/mol. The zero-order valence-electron chi connectivity index (χ0n) is 11.6. The molecule has 0 bridgehead atoms. The first kappa shape index (κ1) is 13.9. The summed E-state index contributed by atoms with van der Waals surface area (Å²) in [5.74, 6) is 0.676. The van der Waals surface area contributed by atoms with E-state index in [1.807, 2.05) is 31.3 Å². The number of carbonyl (C=O) groups excluding carboxylic acids is 1. The third kappa shape index (κ3) is 3.96. The van der Waals surface area contributed by atoms with Crippen LogP contribution < -0.4 is 11.1 Å². The number of nitrogens with one attached hydrogen (secondary N) is 1. The van der Waals surface area contributed by atoms with Gasteiger partial charge in [-0.1, -0.05) is 25.0 Å². The molecule has 0 spiro atoms. The van der Waals surface area contributed by atoms with Crippen molar-refractivity contribution >= 4 is 11.7 Å². The van der Waals surface area contributed by atoms with Crippen molar-refractivity contribution in [3.05, 3.63) is 29.8 Å². The lowest BCUT2D eigenvalue weighted by Crippen LogP contribution is -2.34. The molecule has 0 radical (unpaired) electrons. The number of carbonyl (C=O) groups is 1.